The lowest BCUT2D eigenvalue weighted by atomic mass is 9.88. The Kier molecular flexibility index (Phi) is 4.44. The second kappa shape index (κ2) is 6.22. The first-order chi connectivity index (χ1) is 10.9. The van der Waals surface area contributed by atoms with E-state index in [0.717, 1.165) is 30.0 Å². The highest BCUT2D eigenvalue weighted by atomic mass is 79.9. The summed E-state index contributed by atoms with van der Waals surface area (Å²) in [5.41, 5.74) is 8.45. The molecule has 3 rings (SSSR count). The van der Waals surface area contributed by atoms with E-state index in [9.17, 15) is 12.8 Å². The first-order valence-corrected chi connectivity index (χ1v) is 9.50. The molecule has 0 radical (unpaired) electrons. The molecule has 4 nitrogen and oxygen atoms in total. The van der Waals surface area contributed by atoms with Crippen LogP contribution in [0.4, 0.5) is 10.1 Å². The van der Waals surface area contributed by atoms with Gasteiger partial charge < -0.3 is 5.73 Å². The molecule has 0 saturated heterocycles. The Morgan fingerprint density at radius 1 is 1.22 bits per heavy atom. The number of hydrogen-bond acceptors (Lipinski definition) is 3. The van der Waals surface area contributed by atoms with Crippen LogP contribution >= 0.6 is 15.9 Å². The van der Waals surface area contributed by atoms with Crippen molar-refractivity contribution in [3.8, 4) is 0 Å². The number of nitrogens with one attached hydrogen (secondary N) is 1. The van der Waals surface area contributed by atoms with Crippen LogP contribution in [0.3, 0.4) is 0 Å². The van der Waals surface area contributed by atoms with Crippen molar-refractivity contribution in [2.24, 2.45) is 0 Å². The predicted molar refractivity (Wildman–Crippen MR) is 91.0 cm³/mol. The summed E-state index contributed by atoms with van der Waals surface area (Å²) < 4.78 is 41.7. The third kappa shape index (κ3) is 3.41. The predicted octanol–water partition coefficient (Wildman–Crippen LogP) is 3.53. The van der Waals surface area contributed by atoms with Crippen molar-refractivity contribution in [1.29, 1.82) is 0 Å². The molecule has 2 aromatic carbocycles. The number of anilines is 1. The summed E-state index contributed by atoms with van der Waals surface area (Å²) in [7, 11) is -3.83. The van der Waals surface area contributed by atoms with Crippen molar-refractivity contribution in [2.45, 2.75) is 30.2 Å². The van der Waals surface area contributed by atoms with Crippen LogP contribution in [-0.2, 0) is 16.4 Å². The van der Waals surface area contributed by atoms with E-state index in [1.807, 2.05) is 12.1 Å². The number of nitrogens with two attached hydrogens (primary N) is 1. The molecule has 0 bridgehead atoms. The minimum atomic E-state index is -3.83. The molecule has 1 aliphatic rings. The Bertz CT molecular complexity index is 855. The summed E-state index contributed by atoms with van der Waals surface area (Å²) >= 11 is 3.17. The molecule has 23 heavy (non-hydrogen) atoms. The Morgan fingerprint density at radius 3 is 2.78 bits per heavy atom. The van der Waals surface area contributed by atoms with E-state index in [4.69, 9.17) is 5.73 Å². The largest absolute Gasteiger partial charge is 0.399 e. The van der Waals surface area contributed by atoms with Crippen molar-refractivity contribution in [1.82, 2.24) is 4.72 Å². The molecule has 0 aliphatic heterocycles. The Balaban J connectivity index is 1.95. The van der Waals surface area contributed by atoms with Crippen LogP contribution in [0.1, 0.15) is 30.0 Å². The molecule has 7 heteroatoms. The van der Waals surface area contributed by atoms with Crippen LogP contribution in [0, 0.1) is 5.82 Å². The number of benzene rings is 2. The quantitative estimate of drug-likeness (QED) is 0.776. The number of fused-ring (bicyclic) bond motifs is 1. The standard InChI is InChI=1S/C16H16BrFN2O2S/c17-14-7-4-11(18)9-16(14)23(21,22)20-15-3-1-2-10-8-12(19)5-6-13(10)15/h4-9,15,20H,1-3,19H2. The zero-order valence-corrected chi connectivity index (χ0v) is 14.6. The van der Waals surface area contributed by atoms with Crippen molar-refractivity contribution >= 4 is 31.6 Å². The number of nitrogen functional groups attached to an aromatic ring is 1. The Labute approximate surface area is 143 Å². The van der Waals surface area contributed by atoms with Gasteiger partial charge in [0, 0.05) is 16.2 Å². The van der Waals surface area contributed by atoms with Crippen LogP contribution in [0.2, 0.25) is 0 Å². The summed E-state index contributed by atoms with van der Waals surface area (Å²) in [6.07, 6.45) is 2.44. The maximum absolute atomic E-state index is 13.4. The van der Waals surface area contributed by atoms with Gasteiger partial charge in [-0.05, 0) is 76.7 Å². The number of aryl methyl sites for hydroxylation is 1. The van der Waals surface area contributed by atoms with Gasteiger partial charge >= 0.3 is 0 Å². The van der Waals surface area contributed by atoms with Crippen LogP contribution in [0.25, 0.3) is 0 Å². The third-order valence-corrected chi connectivity index (χ3v) is 6.43. The normalized spacial score (nSPS) is 17.7. The number of hydrogen-bond donors (Lipinski definition) is 2. The molecule has 3 N–H and O–H groups in total. The van der Waals surface area contributed by atoms with E-state index >= 15 is 0 Å². The van der Waals surface area contributed by atoms with Crippen molar-refractivity contribution in [3.63, 3.8) is 0 Å². The molecular weight excluding hydrogens is 383 g/mol. The van der Waals surface area contributed by atoms with Gasteiger partial charge in [-0.25, -0.2) is 17.5 Å². The summed E-state index contributed by atoms with van der Waals surface area (Å²) in [5, 5.41) is 0. The van der Waals surface area contributed by atoms with E-state index in [0.29, 0.717) is 16.6 Å². The minimum Gasteiger partial charge on any atom is -0.399 e. The van der Waals surface area contributed by atoms with Crippen molar-refractivity contribution < 1.29 is 12.8 Å². The topological polar surface area (TPSA) is 72.2 Å². The monoisotopic (exact) mass is 398 g/mol. The highest BCUT2D eigenvalue weighted by Crippen LogP contribution is 2.33. The fraction of sp³-hybridized carbons (Fsp3) is 0.250. The van der Waals surface area contributed by atoms with Gasteiger partial charge in [-0.15, -0.1) is 0 Å². The second-order valence-corrected chi connectivity index (χ2v) is 8.14. The molecule has 1 unspecified atom stereocenters. The Hall–Kier alpha value is -1.44. The van der Waals surface area contributed by atoms with Gasteiger partial charge in [0.25, 0.3) is 0 Å². The zero-order chi connectivity index (χ0) is 16.6. The van der Waals surface area contributed by atoms with E-state index in [2.05, 4.69) is 20.7 Å². The lowest BCUT2D eigenvalue weighted by Crippen LogP contribution is -2.31. The molecule has 0 heterocycles. The maximum atomic E-state index is 13.4. The summed E-state index contributed by atoms with van der Waals surface area (Å²) in [4.78, 5) is -0.0972. The average Bonchev–Trinajstić information content (AvgIpc) is 2.49. The van der Waals surface area contributed by atoms with Crippen LogP contribution in [0.15, 0.2) is 45.8 Å². The van der Waals surface area contributed by atoms with E-state index < -0.39 is 15.8 Å². The summed E-state index contributed by atoms with van der Waals surface area (Å²) in [5.74, 6) is -0.592. The average molecular weight is 399 g/mol. The van der Waals surface area contributed by atoms with Crippen molar-refractivity contribution in [2.75, 3.05) is 5.73 Å². The summed E-state index contributed by atoms with van der Waals surface area (Å²) in [6.45, 7) is 0. The molecule has 0 saturated carbocycles. The van der Waals surface area contributed by atoms with Gasteiger partial charge in [0.15, 0.2) is 0 Å². The van der Waals surface area contributed by atoms with Gasteiger partial charge in [0.1, 0.15) is 5.82 Å². The number of sulfonamides is 1. The molecule has 1 aliphatic carbocycles. The van der Waals surface area contributed by atoms with E-state index in [-0.39, 0.29) is 10.9 Å². The summed E-state index contributed by atoms with van der Waals surface area (Å²) in [6, 6.07) is 8.79. The van der Waals surface area contributed by atoms with Crippen LogP contribution in [0.5, 0.6) is 0 Å². The molecule has 0 spiro atoms. The van der Waals surface area contributed by atoms with Crippen LogP contribution < -0.4 is 10.5 Å². The van der Waals surface area contributed by atoms with Crippen LogP contribution in [-0.4, -0.2) is 8.42 Å². The van der Waals surface area contributed by atoms with Gasteiger partial charge in [-0.2, -0.15) is 0 Å². The second-order valence-electron chi connectivity index (χ2n) is 5.60. The molecule has 2 aromatic rings. The lowest BCUT2D eigenvalue weighted by molar-refractivity contribution is 0.506. The lowest BCUT2D eigenvalue weighted by Gasteiger charge is -2.26. The van der Waals surface area contributed by atoms with Gasteiger partial charge in [0.2, 0.25) is 10.0 Å². The first-order valence-electron chi connectivity index (χ1n) is 7.22. The minimum absolute atomic E-state index is 0.0972. The molecule has 1 atom stereocenters. The first kappa shape index (κ1) is 16.4. The fourth-order valence-corrected chi connectivity index (χ4v) is 5.12. The molecular formula is C16H16BrFN2O2S. The maximum Gasteiger partial charge on any atom is 0.242 e. The highest BCUT2D eigenvalue weighted by molar-refractivity contribution is 9.10. The number of rotatable bonds is 3. The molecule has 0 aromatic heterocycles. The van der Waals surface area contributed by atoms with Gasteiger partial charge in [-0.1, -0.05) is 6.07 Å². The fourth-order valence-electron chi connectivity index (χ4n) is 2.89. The van der Waals surface area contributed by atoms with E-state index in [1.165, 1.54) is 12.1 Å². The molecule has 122 valence electrons. The van der Waals surface area contributed by atoms with Gasteiger partial charge in [0.05, 0.1) is 4.90 Å². The zero-order valence-electron chi connectivity index (χ0n) is 12.2. The SMILES string of the molecule is Nc1ccc2c(c1)CCCC2NS(=O)(=O)c1cc(F)ccc1Br. The molecule has 0 amide bonds. The highest BCUT2D eigenvalue weighted by Gasteiger charge is 2.27. The molecule has 0 fully saturated rings. The number of halogens is 2. The Morgan fingerprint density at radius 2 is 2.00 bits per heavy atom. The third-order valence-electron chi connectivity index (χ3n) is 3.96. The van der Waals surface area contributed by atoms with Crippen molar-refractivity contribution in [3.05, 3.63) is 57.8 Å². The van der Waals surface area contributed by atoms with E-state index in [1.54, 1.807) is 6.07 Å². The smallest absolute Gasteiger partial charge is 0.242 e. The van der Waals surface area contributed by atoms with Gasteiger partial charge in [-0.3, -0.25) is 0 Å².